The van der Waals surface area contributed by atoms with Crippen molar-refractivity contribution in [2.75, 3.05) is 13.1 Å². The third-order valence-electron chi connectivity index (χ3n) is 0.775. The summed E-state index contributed by atoms with van der Waals surface area (Å²) in [5.41, 5.74) is 0. The van der Waals surface area contributed by atoms with E-state index >= 15 is 0 Å². The molecule has 0 spiro atoms. The summed E-state index contributed by atoms with van der Waals surface area (Å²) in [5, 5.41) is 21.8. The summed E-state index contributed by atoms with van der Waals surface area (Å²) in [5.74, 6) is -2.45. The van der Waals surface area contributed by atoms with Crippen molar-refractivity contribution < 1.29 is 78.9 Å². The Morgan fingerprint density at radius 1 is 1.08 bits per heavy atom. The van der Waals surface area contributed by atoms with Crippen LogP contribution in [0.3, 0.4) is 0 Å². The Morgan fingerprint density at radius 2 is 1.58 bits per heavy atom. The van der Waals surface area contributed by atoms with Crippen LogP contribution >= 0.6 is 0 Å². The average molecular weight is 191 g/mol. The molecular formula is C5H7NNa2O4. The Morgan fingerprint density at radius 3 is 1.92 bits per heavy atom. The van der Waals surface area contributed by atoms with E-state index in [1.54, 1.807) is 0 Å². The van der Waals surface area contributed by atoms with Crippen LogP contribution in [0.25, 0.3) is 0 Å². The van der Waals surface area contributed by atoms with Gasteiger partial charge in [0.1, 0.15) is 0 Å². The summed E-state index contributed by atoms with van der Waals surface area (Å²) in [6.45, 7) is -0.233. The van der Waals surface area contributed by atoms with Gasteiger partial charge in [0.25, 0.3) is 0 Å². The SMILES string of the molecule is O=C([O-])CCNCC(=O)[O-].[Na+].[Na+]. The molecular weight excluding hydrogens is 184 g/mol. The van der Waals surface area contributed by atoms with E-state index < -0.39 is 11.9 Å². The largest absolute Gasteiger partial charge is 1.00 e. The van der Waals surface area contributed by atoms with Gasteiger partial charge >= 0.3 is 59.1 Å². The molecule has 0 unspecified atom stereocenters. The van der Waals surface area contributed by atoms with Gasteiger partial charge in [0.05, 0.1) is 5.97 Å². The maximum atomic E-state index is 9.73. The first-order valence-electron chi connectivity index (χ1n) is 2.73. The second-order valence-corrected chi connectivity index (χ2v) is 1.67. The first-order chi connectivity index (χ1) is 4.63. The number of rotatable bonds is 5. The number of carboxylic acids is 2. The predicted molar refractivity (Wildman–Crippen MR) is 27.5 cm³/mol. The molecule has 0 bridgehead atoms. The molecule has 0 saturated heterocycles. The Bertz CT molecular complexity index is 125. The Kier molecular flexibility index (Phi) is 18.5. The molecule has 0 radical (unpaired) electrons. The van der Waals surface area contributed by atoms with Gasteiger partial charge in [-0.1, -0.05) is 0 Å². The van der Waals surface area contributed by atoms with E-state index in [0.717, 1.165) is 0 Å². The molecule has 0 atom stereocenters. The van der Waals surface area contributed by atoms with Gasteiger partial charge in [-0.2, -0.15) is 0 Å². The fraction of sp³-hybridized carbons (Fsp3) is 0.600. The zero-order valence-electron chi connectivity index (χ0n) is 7.25. The van der Waals surface area contributed by atoms with Crippen molar-refractivity contribution in [1.82, 2.24) is 5.32 Å². The number of carbonyl (C=O) groups excluding carboxylic acids is 2. The number of nitrogens with one attached hydrogen (secondary N) is 1. The molecule has 5 nitrogen and oxygen atoms in total. The van der Waals surface area contributed by atoms with Crippen LogP contribution in [0.5, 0.6) is 0 Å². The van der Waals surface area contributed by atoms with Gasteiger partial charge in [0.15, 0.2) is 0 Å². The number of hydrogen-bond donors (Lipinski definition) is 1. The summed E-state index contributed by atoms with van der Waals surface area (Å²) in [6.07, 6.45) is -0.187. The van der Waals surface area contributed by atoms with Crippen LogP contribution in [0.2, 0.25) is 0 Å². The number of carboxylic acid groups (broad SMARTS) is 2. The first-order valence-corrected chi connectivity index (χ1v) is 2.73. The Labute approximate surface area is 114 Å². The van der Waals surface area contributed by atoms with Gasteiger partial charge in [-0.15, -0.1) is 0 Å². The van der Waals surface area contributed by atoms with Crippen LogP contribution < -0.4 is 74.6 Å². The summed E-state index contributed by atoms with van der Waals surface area (Å²) in [7, 11) is 0. The molecule has 0 aliphatic carbocycles. The van der Waals surface area contributed by atoms with Crippen LogP contribution in [0.1, 0.15) is 6.42 Å². The molecule has 0 saturated carbocycles. The molecule has 0 aromatic carbocycles. The molecule has 0 aromatic heterocycles. The van der Waals surface area contributed by atoms with E-state index in [4.69, 9.17) is 0 Å². The first kappa shape index (κ1) is 18.6. The molecule has 58 valence electrons. The van der Waals surface area contributed by atoms with Crippen molar-refractivity contribution >= 4 is 11.9 Å². The smallest absolute Gasteiger partial charge is 0.550 e. The summed E-state index contributed by atoms with van der Waals surface area (Å²) < 4.78 is 0. The fourth-order valence-electron chi connectivity index (χ4n) is 0.381. The third kappa shape index (κ3) is 17.1. The van der Waals surface area contributed by atoms with Gasteiger partial charge in [-0.3, -0.25) is 0 Å². The van der Waals surface area contributed by atoms with E-state index in [1.807, 2.05) is 0 Å². The van der Waals surface area contributed by atoms with Crippen molar-refractivity contribution in [3.05, 3.63) is 0 Å². The molecule has 0 aromatic rings. The minimum absolute atomic E-state index is 0. The molecule has 0 heterocycles. The summed E-state index contributed by atoms with van der Waals surface area (Å²) >= 11 is 0. The van der Waals surface area contributed by atoms with E-state index in [2.05, 4.69) is 5.32 Å². The fourth-order valence-corrected chi connectivity index (χ4v) is 0.381. The summed E-state index contributed by atoms with van der Waals surface area (Å²) in [4.78, 5) is 19.4. The van der Waals surface area contributed by atoms with Gasteiger partial charge in [0, 0.05) is 19.1 Å². The monoisotopic (exact) mass is 191 g/mol. The molecule has 0 aliphatic rings. The van der Waals surface area contributed by atoms with Crippen molar-refractivity contribution in [2.24, 2.45) is 0 Å². The molecule has 0 amide bonds. The van der Waals surface area contributed by atoms with E-state index in [9.17, 15) is 19.8 Å². The minimum Gasteiger partial charge on any atom is -0.550 e. The Hall–Kier alpha value is 0.900. The zero-order chi connectivity index (χ0) is 7.98. The van der Waals surface area contributed by atoms with Crippen LogP contribution in [-0.4, -0.2) is 25.0 Å². The standard InChI is InChI=1S/C5H9NO4.2Na/c7-4(8)1-2-6-3-5(9)10;;/h6H,1-3H2,(H,7,8)(H,9,10);;/q;2*+1/p-2. The predicted octanol–water partition coefficient (Wildman–Crippen LogP) is -9.53. The van der Waals surface area contributed by atoms with Gasteiger partial charge in [-0.05, 0) is 6.42 Å². The second-order valence-electron chi connectivity index (χ2n) is 1.67. The normalized spacial score (nSPS) is 7.67. The van der Waals surface area contributed by atoms with E-state index in [1.165, 1.54) is 0 Å². The van der Waals surface area contributed by atoms with Crippen molar-refractivity contribution in [2.45, 2.75) is 6.42 Å². The van der Waals surface area contributed by atoms with E-state index in [0.29, 0.717) is 0 Å². The molecule has 0 aliphatic heterocycles. The van der Waals surface area contributed by atoms with Crippen LogP contribution in [0, 0.1) is 0 Å². The Balaban J connectivity index is -0.000000405. The number of hydrogen-bond acceptors (Lipinski definition) is 5. The maximum absolute atomic E-state index is 9.73. The zero-order valence-corrected chi connectivity index (χ0v) is 11.3. The quantitative estimate of drug-likeness (QED) is 0.344. The number of aliphatic carboxylic acids is 2. The van der Waals surface area contributed by atoms with Crippen molar-refractivity contribution in [3.63, 3.8) is 0 Å². The van der Waals surface area contributed by atoms with Gasteiger partial charge in [-0.25, -0.2) is 0 Å². The molecule has 0 fully saturated rings. The topological polar surface area (TPSA) is 92.3 Å². The van der Waals surface area contributed by atoms with Crippen LogP contribution in [-0.2, 0) is 9.59 Å². The van der Waals surface area contributed by atoms with Crippen molar-refractivity contribution in [1.29, 1.82) is 0 Å². The van der Waals surface area contributed by atoms with Crippen LogP contribution in [0.15, 0.2) is 0 Å². The maximum Gasteiger partial charge on any atom is 1.00 e. The minimum atomic E-state index is -1.25. The van der Waals surface area contributed by atoms with E-state index in [-0.39, 0.29) is 78.6 Å². The van der Waals surface area contributed by atoms with Crippen molar-refractivity contribution in [3.8, 4) is 0 Å². The summed E-state index contributed by atoms with van der Waals surface area (Å²) in [6, 6.07) is 0. The average Bonchev–Trinajstić information content (AvgIpc) is 1.79. The second kappa shape index (κ2) is 11.9. The van der Waals surface area contributed by atoms with Gasteiger partial charge in [0.2, 0.25) is 0 Å². The third-order valence-corrected chi connectivity index (χ3v) is 0.775. The van der Waals surface area contributed by atoms with Crippen LogP contribution in [0.4, 0.5) is 0 Å². The molecule has 0 rings (SSSR count). The molecule has 7 heteroatoms. The van der Waals surface area contributed by atoms with Gasteiger partial charge < -0.3 is 25.1 Å². The molecule has 1 N–H and O–H groups in total. The number of carbonyl (C=O) groups is 2. The molecule has 12 heavy (non-hydrogen) atoms.